The molecule has 5 nitrogen and oxygen atoms in total. The zero-order valence-corrected chi connectivity index (χ0v) is 11.6. The summed E-state index contributed by atoms with van der Waals surface area (Å²) in [4.78, 5) is 0. The number of sulfonamides is 1. The molecule has 0 atom stereocenters. The summed E-state index contributed by atoms with van der Waals surface area (Å²) in [6, 6.07) is 10.6. The van der Waals surface area contributed by atoms with E-state index in [0.29, 0.717) is 12.8 Å². The van der Waals surface area contributed by atoms with E-state index in [-0.39, 0.29) is 23.5 Å². The van der Waals surface area contributed by atoms with Gasteiger partial charge in [-0.05, 0) is 36.1 Å². The molecule has 1 aromatic carbocycles. The maximum Gasteiger partial charge on any atom is 0.274 e. The van der Waals surface area contributed by atoms with Gasteiger partial charge in [0.15, 0.2) is 0 Å². The van der Waals surface area contributed by atoms with Crippen molar-refractivity contribution < 1.29 is 17.9 Å². The lowest BCUT2D eigenvalue weighted by molar-refractivity contribution is 0.236. The Hall–Kier alpha value is -1.63. The van der Waals surface area contributed by atoms with Crippen LogP contribution in [0.25, 0.3) is 0 Å². The lowest BCUT2D eigenvalue weighted by atomic mass is 10.1. The molecule has 2 aromatic rings. The number of aliphatic hydroxyl groups excluding tert-OH is 1. The number of fused-ring (bicyclic) bond motifs is 1. The SMILES string of the molecule is O=S(=O)(NC1Cc2ccccc2C1)c1ccc(CO)o1. The van der Waals surface area contributed by atoms with Gasteiger partial charge in [-0.3, -0.25) is 0 Å². The summed E-state index contributed by atoms with van der Waals surface area (Å²) < 4.78 is 32.1. The zero-order valence-electron chi connectivity index (χ0n) is 10.7. The molecule has 0 radical (unpaired) electrons. The van der Waals surface area contributed by atoms with Gasteiger partial charge in [-0.15, -0.1) is 0 Å². The van der Waals surface area contributed by atoms with Crippen LogP contribution in [0.2, 0.25) is 0 Å². The maximum atomic E-state index is 12.2. The highest BCUT2D eigenvalue weighted by Crippen LogP contribution is 2.23. The Labute approximate surface area is 117 Å². The van der Waals surface area contributed by atoms with E-state index in [9.17, 15) is 8.42 Å². The minimum Gasteiger partial charge on any atom is -0.446 e. The number of hydrogen-bond donors (Lipinski definition) is 2. The van der Waals surface area contributed by atoms with Crippen LogP contribution in [-0.2, 0) is 29.5 Å². The molecule has 0 fully saturated rings. The number of hydrogen-bond acceptors (Lipinski definition) is 4. The quantitative estimate of drug-likeness (QED) is 0.888. The first-order valence-electron chi connectivity index (χ1n) is 6.37. The molecule has 1 aliphatic rings. The molecule has 1 aromatic heterocycles. The fourth-order valence-corrected chi connectivity index (χ4v) is 3.69. The first-order chi connectivity index (χ1) is 9.58. The van der Waals surface area contributed by atoms with E-state index in [4.69, 9.17) is 9.52 Å². The van der Waals surface area contributed by atoms with Crippen LogP contribution in [0, 0.1) is 0 Å². The summed E-state index contributed by atoms with van der Waals surface area (Å²) in [7, 11) is -3.68. The fourth-order valence-electron chi connectivity index (χ4n) is 2.51. The first-order valence-corrected chi connectivity index (χ1v) is 7.85. The average Bonchev–Trinajstić information content (AvgIpc) is 3.04. The normalized spacial score (nSPS) is 15.4. The van der Waals surface area contributed by atoms with Gasteiger partial charge in [0, 0.05) is 6.04 Å². The van der Waals surface area contributed by atoms with Crippen molar-refractivity contribution in [3.63, 3.8) is 0 Å². The van der Waals surface area contributed by atoms with Crippen LogP contribution >= 0.6 is 0 Å². The van der Waals surface area contributed by atoms with Crippen molar-refractivity contribution in [1.29, 1.82) is 0 Å². The monoisotopic (exact) mass is 293 g/mol. The topological polar surface area (TPSA) is 79.5 Å². The molecule has 0 saturated carbocycles. The van der Waals surface area contributed by atoms with Gasteiger partial charge in [0.05, 0.1) is 0 Å². The summed E-state index contributed by atoms with van der Waals surface area (Å²) in [5.74, 6) is 0.236. The fraction of sp³-hybridized carbons (Fsp3) is 0.286. The minimum absolute atomic E-state index is 0.153. The molecule has 0 saturated heterocycles. The van der Waals surface area contributed by atoms with Gasteiger partial charge in [0.1, 0.15) is 12.4 Å². The molecule has 6 heteroatoms. The Kier molecular flexibility index (Phi) is 3.37. The average molecular weight is 293 g/mol. The third kappa shape index (κ3) is 2.49. The lowest BCUT2D eigenvalue weighted by Gasteiger charge is -2.10. The molecule has 2 N–H and O–H groups in total. The van der Waals surface area contributed by atoms with Crippen molar-refractivity contribution in [2.75, 3.05) is 0 Å². The summed E-state index contributed by atoms with van der Waals surface area (Å²) in [6.45, 7) is -0.315. The molecule has 1 aliphatic carbocycles. The van der Waals surface area contributed by atoms with Gasteiger partial charge in [0.25, 0.3) is 10.0 Å². The smallest absolute Gasteiger partial charge is 0.274 e. The van der Waals surface area contributed by atoms with Gasteiger partial charge in [0.2, 0.25) is 5.09 Å². The van der Waals surface area contributed by atoms with Crippen molar-refractivity contribution in [1.82, 2.24) is 4.72 Å². The van der Waals surface area contributed by atoms with Crippen LogP contribution in [0.3, 0.4) is 0 Å². The van der Waals surface area contributed by atoms with Crippen LogP contribution in [0.1, 0.15) is 16.9 Å². The predicted molar refractivity (Wildman–Crippen MR) is 72.6 cm³/mol. The Bertz CT molecular complexity index is 695. The highest BCUT2D eigenvalue weighted by atomic mass is 32.2. The summed E-state index contributed by atoms with van der Waals surface area (Å²) in [5, 5.41) is 8.76. The van der Waals surface area contributed by atoms with Crippen LogP contribution in [0.5, 0.6) is 0 Å². The Morgan fingerprint density at radius 3 is 2.35 bits per heavy atom. The van der Waals surface area contributed by atoms with Crippen molar-refractivity contribution in [3.8, 4) is 0 Å². The number of furan rings is 1. The lowest BCUT2D eigenvalue weighted by Crippen LogP contribution is -2.35. The summed E-state index contributed by atoms with van der Waals surface area (Å²) in [5.41, 5.74) is 2.35. The Balaban J connectivity index is 1.75. The second kappa shape index (κ2) is 5.05. The van der Waals surface area contributed by atoms with Gasteiger partial charge in [-0.25, -0.2) is 13.1 Å². The molecular weight excluding hydrogens is 278 g/mol. The van der Waals surface area contributed by atoms with Gasteiger partial charge in [-0.1, -0.05) is 24.3 Å². The van der Waals surface area contributed by atoms with E-state index in [0.717, 1.165) is 0 Å². The molecule has 20 heavy (non-hydrogen) atoms. The molecule has 1 heterocycles. The van der Waals surface area contributed by atoms with E-state index in [1.807, 2.05) is 24.3 Å². The largest absolute Gasteiger partial charge is 0.446 e. The molecule has 0 aliphatic heterocycles. The predicted octanol–water partition coefficient (Wildman–Crippen LogP) is 1.22. The van der Waals surface area contributed by atoms with Crippen LogP contribution in [0.15, 0.2) is 45.9 Å². The van der Waals surface area contributed by atoms with Gasteiger partial charge < -0.3 is 9.52 Å². The molecule has 0 bridgehead atoms. The standard InChI is InChI=1S/C14H15NO4S/c16-9-13-5-6-14(19-13)20(17,18)15-12-7-10-3-1-2-4-11(10)8-12/h1-6,12,15-16H,7-9H2. The van der Waals surface area contributed by atoms with Gasteiger partial charge >= 0.3 is 0 Å². The molecule has 3 rings (SSSR count). The second-order valence-electron chi connectivity index (χ2n) is 4.87. The van der Waals surface area contributed by atoms with Crippen molar-refractivity contribution >= 4 is 10.0 Å². The molecular formula is C14H15NO4S. The number of nitrogens with one attached hydrogen (secondary N) is 1. The molecule has 0 unspecified atom stereocenters. The number of rotatable bonds is 4. The third-order valence-electron chi connectivity index (χ3n) is 3.43. The molecule has 0 amide bonds. The summed E-state index contributed by atoms with van der Waals surface area (Å²) in [6.07, 6.45) is 1.37. The van der Waals surface area contributed by atoms with Gasteiger partial charge in [-0.2, -0.15) is 0 Å². The third-order valence-corrected chi connectivity index (χ3v) is 4.82. The second-order valence-corrected chi connectivity index (χ2v) is 6.52. The Morgan fingerprint density at radius 2 is 1.80 bits per heavy atom. The minimum atomic E-state index is -3.68. The van der Waals surface area contributed by atoms with E-state index in [2.05, 4.69) is 4.72 Å². The Morgan fingerprint density at radius 1 is 1.15 bits per heavy atom. The summed E-state index contributed by atoms with van der Waals surface area (Å²) >= 11 is 0. The highest BCUT2D eigenvalue weighted by Gasteiger charge is 2.27. The highest BCUT2D eigenvalue weighted by molar-refractivity contribution is 7.89. The van der Waals surface area contributed by atoms with E-state index in [1.54, 1.807) is 0 Å². The van der Waals surface area contributed by atoms with E-state index >= 15 is 0 Å². The van der Waals surface area contributed by atoms with Crippen molar-refractivity contribution in [2.45, 2.75) is 30.6 Å². The first kappa shape index (κ1) is 13.4. The number of aliphatic hydroxyl groups is 1. The zero-order chi connectivity index (χ0) is 14.2. The van der Waals surface area contributed by atoms with E-state index < -0.39 is 10.0 Å². The van der Waals surface area contributed by atoms with Crippen LogP contribution < -0.4 is 4.72 Å². The molecule has 0 spiro atoms. The van der Waals surface area contributed by atoms with Crippen LogP contribution in [0.4, 0.5) is 0 Å². The van der Waals surface area contributed by atoms with Crippen LogP contribution in [-0.4, -0.2) is 19.6 Å². The van der Waals surface area contributed by atoms with Crippen molar-refractivity contribution in [2.24, 2.45) is 0 Å². The van der Waals surface area contributed by atoms with Crippen molar-refractivity contribution in [3.05, 3.63) is 53.3 Å². The number of benzene rings is 1. The molecule has 106 valence electrons. The van der Waals surface area contributed by atoms with E-state index in [1.165, 1.54) is 23.3 Å². The maximum absolute atomic E-state index is 12.2.